The highest BCUT2D eigenvalue weighted by Gasteiger charge is 2.27. The van der Waals surface area contributed by atoms with E-state index in [2.05, 4.69) is 54.5 Å². The number of piperazine rings is 1. The summed E-state index contributed by atoms with van der Waals surface area (Å²) < 4.78 is 0. The highest BCUT2D eigenvalue weighted by Crippen LogP contribution is 2.32. The van der Waals surface area contributed by atoms with Crippen LogP contribution >= 0.6 is 0 Å². The van der Waals surface area contributed by atoms with Crippen LogP contribution < -0.4 is 5.73 Å². The van der Waals surface area contributed by atoms with Crippen molar-refractivity contribution in [3.63, 3.8) is 0 Å². The number of hydrogen-bond donors (Lipinski definition) is 2. The number of nitrogens with one attached hydrogen (secondary N) is 1. The molecule has 1 saturated carbocycles. The van der Waals surface area contributed by atoms with Crippen LogP contribution in [-0.2, 0) is 4.79 Å². The van der Waals surface area contributed by atoms with Crippen LogP contribution in [0.4, 0.5) is 0 Å². The molecule has 1 unspecified atom stereocenters. The first-order chi connectivity index (χ1) is 14.5. The number of allylic oxidation sites excluding steroid dienone is 1. The van der Waals surface area contributed by atoms with Crippen molar-refractivity contribution >= 4 is 12.2 Å². The summed E-state index contributed by atoms with van der Waals surface area (Å²) in [6, 6.07) is 10.2. The molecule has 0 bridgehead atoms. The highest BCUT2D eigenvalue weighted by molar-refractivity contribution is 5.97. The Morgan fingerprint density at radius 2 is 1.77 bits per heavy atom. The molecule has 2 aliphatic rings. The van der Waals surface area contributed by atoms with Gasteiger partial charge in [0.15, 0.2) is 0 Å². The van der Waals surface area contributed by atoms with Crippen LogP contribution in [0.3, 0.4) is 0 Å². The number of primary amides is 1. The molecule has 5 heteroatoms. The second kappa shape index (κ2) is 12.5. The normalized spacial score (nSPS) is 20.5. The molecule has 5 nitrogen and oxygen atoms in total. The minimum Gasteiger partial charge on any atom is -0.372 e. The van der Waals surface area contributed by atoms with E-state index in [1.807, 2.05) is 18.2 Å². The summed E-state index contributed by atoms with van der Waals surface area (Å²) in [5.41, 5.74) is 6.53. The molecule has 0 spiro atoms. The number of rotatable bonds is 5. The van der Waals surface area contributed by atoms with Crippen molar-refractivity contribution in [1.29, 1.82) is 5.41 Å². The van der Waals surface area contributed by atoms with Gasteiger partial charge in [0.2, 0.25) is 6.41 Å². The van der Waals surface area contributed by atoms with E-state index < -0.39 is 0 Å². The zero-order chi connectivity index (χ0) is 21.9. The van der Waals surface area contributed by atoms with Crippen molar-refractivity contribution in [2.75, 3.05) is 26.2 Å². The largest absolute Gasteiger partial charge is 0.372 e. The number of hydrogen-bond acceptors (Lipinski definition) is 3. The van der Waals surface area contributed by atoms with Crippen molar-refractivity contribution in [2.45, 2.75) is 52.9 Å². The van der Waals surface area contributed by atoms with Gasteiger partial charge in [0.1, 0.15) is 5.84 Å². The Morgan fingerprint density at radius 1 is 1.13 bits per heavy atom. The van der Waals surface area contributed by atoms with E-state index in [1.165, 1.54) is 37.8 Å². The summed E-state index contributed by atoms with van der Waals surface area (Å²) in [5.74, 6) is 2.76. The van der Waals surface area contributed by atoms with Crippen LogP contribution in [0.25, 0.3) is 0 Å². The van der Waals surface area contributed by atoms with Crippen molar-refractivity contribution < 1.29 is 4.79 Å². The van der Waals surface area contributed by atoms with E-state index in [4.69, 9.17) is 10.2 Å². The first kappa shape index (κ1) is 24.1. The van der Waals surface area contributed by atoms with Crippen molar-refractivity contribution in [2.24, 2.45) is 23.5 Å². The fourth-order valence-corrected chi connectivity index (χ4v) is 4.70. The quantitative estimate of drug-likeness (QED) is 0.425. The van der Waals surface area contributed by atoms with Crippen molar-refractivity contribution in [1.82, 2.24) is 9.80 Å². The monoisotopic (exact) mass is 412 g/mol. The zero-order valence-corrected chi connectivity index (χ0v) is 19.0. The third kappa shape index (κ3) is 7.28. The van der Waals surface area contributed by atoms with Gasteiger partial charge < -0.3 is 10.6 Å². The average molecular weight is 413 g/mol. The molecular formula is C25H40N4O. The SMILES string of the molecule is CC(C)CN1CCN(C(=N)c2ccccc2)/C(=C/C(C)C2CCCCC2)C1.NC=O. The fourth-order valence-electron chi connectivity index (χ4n) is 4.70. The van der Waals surface area contributed by atoms with E-state index in [0.29, 0.717) is 17.7 Å². The Hall–Kier alpha value is -2.14. The van der Waals surface area contributed by atoms with Gasteiger partial charge in [-0.1, -0.05) is 76.4 Å². The zero-order valence-electron chi connectivity index (χ0n) is 19.0. The van der Waals surface area contributed by atoms with Crippen LogP contribution in [-0.4, -0.2) is 48.2 Å². The summed E-state index contributed by atoms with van der Waals surface area (Å²) in [5, 5.41) is 8.82. The van der Waals surface area contributed by atoms with Gasteiger partial charge in [0.05, 0.1) is 0 Å². The van der Waals surface area contributed by atoms with E-state index in [-0.39, 0.29) is 6.41 Å². The highest BCUT2D eigenvalue weighted by atomic mass is 16.1. The molecule has 1 aliphatic carbocycles. The lowest BCUT2D eigenvalue weighted by Gasteiger charge is -2.40. The minimum absolute atomic E-state index is 0.250. The predicted molar refractivity (Wildman–Crippen MR) is 125 cm³/mol. The molecule has 1 atom stereocenters. The predicted octanol–water partition coefficient (Wildman–Crippen LogP) is 4.49. The summed E-state index contributed by atoms with van der Waals surface area (Å²) in [4.78, 5) is 13.4. The molecule has 2 fully saturated rings. The topological polar surface area (TPSA) is 73.4 Å². The smallest absolute Gasteiger partial charge is 0.204 e. The molecule has 3 N–H and O–H groups in total. The second-order valence-electron chi connectivity index (χ2n) is 9.05. The number of amidine groups is 1. The second-order valence-corrected chi connectivity index (χ2v) is 9.05. The van der Waals surface area contributed by atoms with Crippen LogP contribution in [0, 0.1) is 23.2 Å². The molecule has 1 amide bonds. The first-order valence-electron chi connectivity index (χ1n) is 11.5. The summed E-state index contributed by atoms with van der Waals surface area (Å²) in [6.07, 6.45) is 9.68. The lowest BCUT2D eigenvalue weighted by molar-refractivity contribution is -0.106. The van der Waals surface area contributed by atoms with Gasteiger partial charge in [0, 0.05) is 37.4 Å². The van der Waals surface area contributed by atoms with Crippen molar-refractivity contribution in [3.05, 3.63) is 47.7 Å². The molecule has 0 radical (unpaired) electrons. The van der Waals surface area contributed by atoms with Gasteiger partial charge in [-0.25, -0.2) is 0 Å². The number of nitrogens with two attached hydrogens (primary N) is 1. The third-order valence-electron chi connectivity index (χ3n) is 6.16. The first-order valence-corrected chi connectivity index (χ1v) is 11.5. The standard InChI is InChI=1S/C24H37N3.CH3NO/c1-19(2)17-26-14-15-27(24(25)22-12-8-5-9-13-22)23(18-26)16-20(3)21-10-6-4-7-11-21;2-1-3/h5,8-9,12-13,16,19-21,25H,4,6-7,10-11,14-15,17-18H2,1-3H3;1H,(H2,2,3)/b23-16+,25-24?;. The van der Waals surface area contributed by atoms with Gasteiger partial charge in [-0.05, 0) is 30.6 Å². The number of benzene rings is 1. The molecule has 166 valence electrons. The molecule has 1 aromatic rings. The molecule has 1 saturated heterocycles. The molecular weight excluding hydrogens is 372 g/mol. The number of carbonyl (C=O) groups excluding carboxylic acids is 1. The molecule has 1 aliphatic heterocycles. The Kier molecular flexibility index (Phi) is 10.1. The molecule has 3 rings (SSSR count). The van der Waals surface area contributed by atoms with E-state index >= 15 is 0 Å². The lowest BCUT2D eigenvalue weighted by atomic mass is 9.80. The Labute approximate surface area is 182 Å². The Balaban J connectivity index is 0.00000101. The number of nitrogens with zero attached hydrogens (tertiary/aromatic N) is 2. The van der Waals surface area contributed by atoms with Crippen molar-refractivity contribution in [3.8, 4) is 0 Å². The van der Waals surface area contributed by atoms with E-state index in [0.717, 1.165) is 37.7 Å². The van der Waals surface area contributed by atoms with Crippen LogP contribution in [0.15, 0.2) is 42.1 Å². The molecule has 30 heavy (non-hydrogen) atoms. The van der Waals surface area contributed by atoms with Gasteiger partial charge in [-0.3, -0.25) is 15.1 Å². The number of carbonyl (C=O) groups is 1. The summed E-state index contributed by atoms with van der Waals surface area (Å²) in [7, 11) is 0. The van der Waals surface area contributed by atoms with Crippen LogP contribution in [0.5, 0.6) is 0 Å². The maximum absolute atomic E-state index is 8.82. The van der Waals surface area contributed by atoms with Gasteiger partial charge in [-0.2, -0.15) is 0 Å². The molecule has 1 heterocycles. The van der Waals surface area contributed by atoms with Gasteiger partial charge in [0.25, 0.3) is 0 Å². The molecule has 0 aromatic heterocycles. The Morgan fingerprint density at radius 3 is 2.37 bits per heavy atom. The van der Waals surface area contributed by atoms with E-state index in [1.54, 1.807) is 0 Å². The van der Waals surface area contributed by atoms with Gasteiger partial charge in [-0.15, -0.1) is 0 Å². The van der Waals surface area contributed by atoms with Crippen LogP contribution in [0.2, 0.25) is 0 Å². The lowest BCUT2D eigenvalue weighted by Crippen LogP contribution is -2.48. The van der Waals surface area contributed by atoms with Gasteiger partial charge >= 0.3 is 0 Å². The summed E-state index contributed by atoms with van der Waals surface area (Å²) in [6.45, 7) is 11.1. The van der Waals surface area contributed by atoms with Crippen LogP contribution in [0.1, 0.15) is 58.4 Å². The molecule has 1 aromatic carbocycles. The minimum atomic E-state index is 0.250. The maximum Gasteiger partial charge on any atom is 0.204 e. The maximum atomic E-state index is 8.82. The summed E-state index contributed by atoms with van der Waals surface area (Å²) >= 11 is 0. The fraction of sp³-hybridized carbons (Fsp3) is 0.600. The average Bonchev–Trinajstić information content (AvgIpc) is 2.75. The number of amides is 1. The van der Waals surface area contributed by atoms with E-state index in [9.17, 15) is 0 Å². The third-order valence-corrected chi connectivity index (χ3v) is 6.16. The Bertz CT molecular complexity index is 680.